The summed E-state index contributed by atoms with van der Waals surface area (Å²) in [5.74, 6) is 0.696. The third kappa shape index (κ3) is 3.07. The van der Waals surface area contributed by atoms with Gasteiger partial charge in [0.25, 0.3) is 0 Å². The second kappa shape index (κ2) is 6.61. The van der Waals surface area contributed by atoms with Crippen molar-refractivity contribution in [2.75, 3.05) is 13.1 Å². The van der Waals surface area contributed by atoms with Gasteiger partial charge < -0.3 is 4.90 Å². The van der Waals surface area contributed by atoms with Gasteiger partial charge in [-0.2, -0.15) is 0 Å². The van der Waals surface area contributed by atoms with Crippen molar-refractivity contribution in [2.24, 2.45) is 0 Å². The molecule has 0 bridgehead atoms. The number of rotatable bonds is 3. The van der Waals surface area contributed by atoms with E-state index in [2.05, 4.69) is 25.1 Å². The van der Waals surface area contributed by atoms with Crippen LogP contribution in [0.15, 0.2) is 35.9 Å². The molecule has 1 aliphatic heterocycles. The van der Waals surface area contributed by atoms with Gasteiger partial charge in [-0.3, -0.25) is 4.79 Å². The molecule has 0 radical (unpaired) electrons. The number of likely N-dealkylation sites (tertiary alicyclic amines) is 1. The zero-order valence-corrected chi connectivity index (χ0v) is 14.0. The third-order valence-electron chi connectivity index (χ3n) is 4.29. The van der Waals surface area contributed by atoms with E-state index in [1.165, 1.54) is 9.71 Å². The number of carbonyl (C=O) groups is 1. The van der Waals surface area contributed by atoms with Crippen LogP contribution in [0.3, 0.4) is 0 Å². The highest BCUT2D eigenvalue weighted by atomic mass is 32.1. The van der Waals surface area contributed by atoms with Crippen molar-refractivity contribution in [3.63, 3.8) is 0 Å². The molecule has 1 aromatic carbocycles. The van der Waals surface area contributed by atoms with Gasteiger partial charge in [0, 0.05) is 24.6 Å². The molecule has 116 valence electrons. The molecule has 2 heterocycles. The quantitative estimate of drug-likeness (QED) is 0.789. The summed E-state index contributed by atoms with van der Waals surface area (Å²) in [5, 5.41) is 1.23. The highest BCUT2D eigenvalue weighted by Gasteiger charge is 2.26. The summed E-state index contributed by atoms with van der Waals surface area (Å²) in [5.41, 5.74) is 1.98. The van der Waals surface area contributed by atoms with Crippen molar-refractivity contribution in [3.8, 4) is 0 Å². The summed E-state index contributed by atoms with van der Waals surface area (Å²) < 4.78 is 1.26. The van der Waals surface area contributed by atoms with Crippen LogP contribution in [-0.2, 0) is 4.79 Å². The molecule has 0 atom stereocenters. The maximum Gasteiger partial charge on any atom is 0.249 e. The Bertz CT molecular complexity index is 663. The second-order valence-corrected chi connectivity index (χ2v) is 6.94. The molecule has 22 heavy (non-hydrogen) atoms. The maximum absolute atomic E-state index is 12.3. The van der Waals surface area contributed by atoms with Crippen LogP contribution >= 0.6 is 11.3 Å². The largest absolute Gasteiger partial charge is 0.339 e. The van der Waals surface area contributed by atoms with Gasteiger partial charge in [-0.15, -0.1) is 11.3 Å². The number of aromatic nitrogens is 1. The molecule has 0 aliphatic carbocycles. The highest BCUT2D eigenvalue weighted by molar-refractivity contribution is 7.18. The lowest BCUT2D eigenvalue weighted by Crippen LogP contribution is -2.38. The number of thiazole rings is 1. The summed E-state index contributed by atoms with van der Waals surface area (Å²) >= 11 is 1.80. The fourth-order valence-corrected chi connectivity index (χ4v) is 4.17. The fourth-order valence-electron chi connectivity index (χ4n) is 3.04. The molecule has 2 aromatic rings. The van der Waals surface area contributed by atoms with Crippen molar-refractivity contribution in [1.29, 1.82) is 0 Å². The molecule has 0 spiro atoms. The molecule has 1 amide bonds. The van der Waals surface area contributed by atoms with Crippen molar-refractivity contribution >= 4 is 27.5 Å². The molecular formula is C18H22N2OS. The van der Waals surface area contributed by atoms with E-state index in [0.717, 1.165) is 43.4 Å². The summed E-state index contributed by atoms with van der Waals surface area (Å²) in [7, 11) is 0. The fraction of sp³-hybridized carbons (Fsp3) is 0.444. The number of nitrogens with zero attached hydrogens (tertiary/aromatic N) is 2. The zero-order chi connectivity index (χ0) is 15.5. The van der Waals surface area contributed by atoms with Gasteiger partial charge in [0.05, 0.1) is 15.2 Å². The first kappa shape index (κ1) is 15.2. The van der Waals surface area contributed by atoms with E-state index in [1.807, 2.05) is 24.0 Å². The monoisotopic (exact) mass is 314 g/mol. The molecular weight excluding hydrogens is 292 g/mol. The van der Waals surface area contributed by atoms with E-state index in [9.17, 15) is 4.79 Å². The number of piperidine rings is 1. The smallest absolute Gasteiger partial charge is 0.249 e. The van der Waals surface area contributed by atoms with Gasteiger partial charge in [-0.1, -0.05) is 25.1 Å². The highest BCUT2D eigenvalue weighted by Crippen LogP contribution is 2.34. The standard InChI is InChI=1S/C18H22N2OS/c1-3-6-13(2)18(21)20-11-9-14(10-12-20)17-19-15-7-4-5-8-16(15)22-17/h4-8,14H,3,9-12H2,1-2H3/b13-6-. The number of allylic oxidation sites excluding steroid dienone is 1. The predicted molar refractivity (Wildman–Crippen MR) is 92.2 cm³/mol. The van der Waals surface area contributed by atoms with E-state index in [1.54, 1.807) is 11.3 Å². The van der Waals surface area contributed by atoms with Crippen molar-refractivity contribution in [1.82, 2.24) is 9.88 Å². The van der Waals surface area contributed by atoms with Crippen LogP contribution in [0, 0.1) is 0 Å². The van der Waals surface area contributed by atoms with Gasteiger partial charge >= 0.3 is 0 Å². The Morgan fingerprint density at radius 1 is 1.36 bits per heavy atom. The van der Waals surface area contributed by atoms with Crippen LogP contribution in [-0.4, -0.2) is 28.9 Å². The van der Waals surface area contributed by atoms with Crippen molar-refractivity contribution < 1.29 is 4.79 Å². The van der Waals surface area contributed by atoms with E-state index in [4.69, 9.17) is 4.98 Å². The van der Waals surface area contributed by atoms with Crippen LogP contribution in [0.1, 0.15) is 44.0 Å². The Hall–Kier alpha value is -1.68. The molecule has 1 fully saturated rings. The van der Waals surface area contributed by atoms with E-state index in [0.29, 0.717) is 5.92 Å². The molecule has 3 rings (SSSR count). The van der Waals surface area contributed by atoms with Crippen LogP contribution in [0.5, 0.6) is 0 Å². The first-order valence-electron chi connectivity index (χ1n) is 8.00. The lowest BCUT2D eigenvalue weighted by atomic mass is 9.97. The molecule has 1 aromatic heterocycles. The Morgan fingerprint density at radius 2 is 2.09 bits per heavy atom. The second-order valence-electron chi connectivity index (χ2n) is 5.88. The number of para-hydroxylation sites is 1. The van der Waals surface area contributed by atoms with Gasteiger partial charge in [0.2, 0.25) is 5.91 Å². The molecule has 0 saturated carbocycles. The number of carbonyl (C=O) groups excluding carboxylic acids is 1. The maximum atomic E-state index is 12.3. The Balaban J connectivity index is 1.66. The number of fused-ring (bicyclic) bond motifs is 1. The van der Waals surface area contributed by atoms with Crippen molar-refractivity contribution in [2.45, 2.75) is 39.0 Å². The van der Waals surface area contributed by atoms with Gasteiger partial charge in [-0.05, 0) is 38.3 Å². The molecule has 0 unspecified atom stereocenters. The van der Waals surface area contributed by atoms with Gasteiger partial charge in [0.1, 0.15) is 0 Å². The topological polar surface area (TPSA) is 33.2 Å². The molecule has 1 aliphatic rings. The molecule has 4 heteroatoms. The van der Waals surface area contributed by atoms with Gasteiger partial charge in [-0.25, -0.2) is 4.98 Å². The Kier molecular flexibility index (Phi) is 4.57. The lowest BCUT2D eigenvalue weighted by molar-refractivity contribution is -0.128. The minimum atomic E-state index is 0.199. The number of hydrogen-bond donors (Lipinski definition) is 0. The summed E-state index contributed by atoms with van der Waals surface area (Å²) in [6.07, 6.45) is 4.97. The van der Waals surface area contributed by atoms with Crippen LogP contribution in [0.25, 0.3) is 10.2 Å². The summed E-state index contributed by atoms with van der Waals surface area (Å²) in [6, 6.07) is 8.31. The van der Waals surface area contributed by atoms with E-state index < -0.39 is 0 Å². The SMILES string of the molecule is CC/C=C(/C)C(=O)N1CCC(c2nc3ccccc3s2)CC1. The molecule has 3 nitrogen and oxygen atoms in total. The van der Waals surface area contributed by atoms with Crippen LogP contribution < -0.4 is 0 Å². The van der Waals surface area contributed by atoms with Crippen LogP contribution in [0.4, 0.5) is 0 Å². The minimum Gasteiger partial charge on any atom is -0.339 e. The lowest BCUT2D eigenvalue weighted by Gasteiger charge is -2.31. The van der Waals surface area contributed by atoms with Gasteiger partial charge in [0.15, 0.2) is 0 Å². The average molecular weight is 314 g/mol. The normalized spacial score (nSPS) is 17.2. The summed E-state index contributed by atoms with van der Waals surface area (Å²) in [6.45, 7) is 5.67. The van der Waals surface area contributed by atoms with E-state index >= 15 is 0 Å². The Labute approximate surface area is 135 Å². The Morgan fingerprint density at radius 3 is 2.77 bits per heavy atom. The minimum absolute atomic E-state index is 0.199. The first-order chi connectivity index (χ1) is 10.7. The summed E-state index contributed by atoms with van der Waals surface area (Å²) in [4.78, 5) is 19.1. The number of hydrogen-bond acceptors (Lipinski definition) is 3. The predicted octanol–water partition coefficient (Wildman–Crippen LogP) is 4.36. The van der Waals surface area contributed by atoms with Crippen molar-refractivity contribution in [3.05, 3.63) is 40.9 Å². The third-order valence-corrected chi connectivity index (χ3v) is 5.49. The zero-order valence-electron chi connectivity index (χ0n) is 13.2. The van der Waals surface area contributed by atoms with Crippen LogP contribution in [0.2, 0.25) is 0 Å². The average Bonchev–Trinajstić information content (AvgIpc) is 2.98. The van der Waals surface area contributed by atoms with E-state index in [-0.39, 0.29) is 5.91 Å². The first-order valence-corrected chi connectivity index (χ1v) is 8.82. The molecule has 1 saturated heterocycles. The molecule has 0 N–H and O–H groups in total. The number of benzene rings is 1. The number of amides is 1.